The molecule has 0 aromatic heterocycles. The maximum Gasteiger partial charge on any atom is 0.325 e. The highest BCUT2D eigenvalue weighted by molar-refractivity contribution is 5.82. The maximum absolute atomic E-state index is 10.3. The lowest BCUT2D eigenvalue weighted by molar-refractivity contribution is -0.135. The molecule has 0 aliphatic carbocycles. The van der Waals surface area contributed by atoms with Gasteiger partial charge in [0.15, 0.2) is 0 Å². The molecule has 0 atom stereocenters. The van der Waals surface area contributed by atoms with E-state index < -0.39 is 44.3 Å². The Labute approximate surface area is 78.8 Å². The number of hydrogen-bond acceptors (Lipinski definition) is 2. The van der Waals surface area contributed by atoms with E-state index in [0.29, 0.717) is 0 Å². The molecule has 3 N–H and O–H groups in total. The van der Waals surface area contributed by atoms with Crippen molar-refractivity contribution < 1.29 is 22.2 Å². The van der Waals surface area contributed by atoms with Crippen LogP contribution in [-0.2, 0) is 4.79 Å². The summed E-state index contributed by atoms with van der Waals surface area (Å²) < 4.78 is 65.3. The monoisotopic (exact) mass is 167 g/mol. The van der Waals surface area contributed by atoms with Gasteiger partial charge in [0.05, 0.1) is 5.84 Å². The van der Waals surface area contributed by atoms with Crippen LogP contribution in [0.2, 0.25) is 0 Å². The van der Waals surface area contributed by atoms with Crippen LogP contribution in [0, 0.1) is 0 Å². The molecule has 4 nitrogen and oxygen atoms in total. The molecule has 0 radical (unpaired) electrons. The van der Waals surface area contributed by atoms with Crippen molar-refractivity contribution in [3.63, 3.8) is 0 Å². The van der Waals surface area contributed by atoms with E-state index >= 15 is 0 Å². The van der Waals surface area contributed by atoms with E-state index in [4.69, 9.17) is 23.2 Å². The summed E-state index contributed by atoms with van der Waals surface area (Å²) in [5.74, 6) is -2.58. The van der Waals surface area contributed by atoms with Crippen molar-refractivity contribution in [3.05, 3.63) is 0 Å². The number of hydrogen-bond donors (Lipinski definition) is 2. The van der Waals surface area contributed by atoms with Crippen LogP contribution >= 0.6 is 0 Å². The summed E-state index contributed by atoms with van der Waals surface area (Å²) in [5.41, 5.74) is 5.15. The van der Waals surface area contributed by atoms with Crippen molar-refractivity contribution in [3.8, 4) is 0 Å². The number of carboxylic acids is 1. The molecule has 4 heteroatoms. The molecular formula is C7H14N2O2. The van der Waals surface area contributed by atoms with Gasteiger partial charge in [0, 0.05) is 18.7 Å². The van der Waals surface area contributed by atoms with Gasteiger partial charge in [-0.3, -0.25) is 9.79 Å². The van der Waals surface area contributed by atoms with Crippen LogP contribution < -0.4 is 5.73 Å². The number of aliphatic imine (C=N–C) groups is 1. The van der Waals surface area contributed by atoms with Gasteiger partial charge in [0.1, 0.15) is 6.54 Å². The molecule has 0 aliphatic rings. The molecule has 0 saturated heterocycles. The van der Waals surface area contributed by atoms with E-state index in [1.165, 1.54) is 0 Å². The van der Waals surface area contributed by atoms with Crippen molar-refractivity contribution in [1.82, 2.24) is 0 Å². The van der Waals surface area contributed by atoms with Gasteiger partial charge in [0.25, 0.3) is 0 Å². The standard InChI is InChI=1S/C7H14N2O2/c1-2-3-4-6(8)9-5-7(10)11/h2-5H2,1H3,(H2,8,9)(H,10,11)/i1D3,2D2,3D2,4D2. The minimum Gasteiger partial charge on any atom is -0.480 e. The lowest BCUT2D eigenvalue weighted by Crippen LogP contribution is -2.14. The Morgan fingerprint density at radius 3 is 3.18 bits per heavy atom. The van der Waals surface area contributed by atoms with E-state index in [1.807, 2.05) is 0 Å². The van der Waals surface area contributed by atoms with E-state index in [1.54, 1.807) is 0 Å². The smallest absolute Gasteiger partial charge is 0.325 e. The number of carbonyl (C=O) groups is 1. The van der Waals surface area contributed by atoms with E-state index in [0.717, 1.165) is 0 Å². The molecule has 0 unspecified atom stereocenters. The molecule has 0 bridgehead atoms. The maximum atomic E-state index is 10.3. The average molecular weight is 167 g/mol. The fourth-order valence-corrected chi connectivity index (χ4v) is 0.288. The molecule has 0 aliphatic heterocycles. The Morgan fingerprint density at radius 2 is 2.64 bits per heavy atom. The molecule has 0 heterocycles. The number of nitrogens with zero attached hydrogens (tertiary/aromatic N) is 1. The first-order valence-electron chi connectivity index (χ1n) is 7.11. The molecular weight excluding hydrogens is 144 g/mol. The Morgan fingerprint density at radius 1 is 1.91 bits per heavy atom. The van der Waals surface area contributed by atoms with Gasteiger partial charge in [-0.1, -0.05) is 13.2 Å². The van der Waals surface area contributed by atoms with Crippen LogP contribution in [0.25, 0.3) is 0 Å². The van der Waals surface area contributed by atoms with Gasteiger partial charge < -0.3 is 10.8 Å². The Hall–Kier alpha value is -1.06. The van der Waals surface area contributed by atoms with Crippen LogP contribution in [-0.4, -0.2) is 23.5 Å². The summed E-state index contributed by atoms with van der Waals surface area (Å²) in [5, 5.41) is 8.38. The molecule has 0 fully saturated rings. The number of amidine groups is 1. The fraction of sp³-hybridized carbons (Fsp3) is 0.714. The van der Waals surface area contributed by atoms with E-state index in [-0.39, 0.29) is 0 Å². The molecule has 0 spiro atoms. The SMILES string of the molecule is [2H]C([2H])([2H])C([2H])([2H])C([2H])([2H])C([2H])([2H])C(N)=NCC(=O)O. The van der Waals surface area contributed by atoms with Crippen molar-refractivity contribution in [2.24, 2.45) is 10.7 Å². The zero-order valence-corrected chi connectivity index (χ0v) is 5.59. The predicted molar refractivity (Wildman–Crippen MR) is 43.7 cm³/mol. The number of aliphatic carboxylic acids is 1. The van der Waals surface area contributed by atoms with Gasteiger partial charge in [-0.25, -0.2) is 0 Å². The summed E-state index contributed by atoms with van der Waals surface area (Å²) in [6, 6.07) is 0. The van der Waals surface area contributed by atoms with Crippen LogP contribution in [0.15, 0.2) is 4.99 Å². The lowest BCUT2D eigenvalue weighted by atomic mass is 10.2. The molecule has 11 heavy (non-hydrogen) atoms. The Bertz CT molecular complexity index is 415. The molecule has 0 saturated carbocycles. The van der Waals surface area contributed by atoms with Gasteiger partial charge in [-0.15, -0.1) is 0 Å². The minimum atomic E-state index is -3.56. The van der Waals surface area contributed by atoms with E-state index in [2.05, 4.69) is 4.99 Å². The zero-order chi connectivity index (χ0) is 16.6. The molecule has 0 aromatic rings. The van der Waals surface area contributed by atoms with Crippen LogP contribution in [0.4, 0.5) is 0 Å². The van der Waals surface area contributed by atoms with Crippen molar-refractivity contribution in [2.75, 3.05) is 6.54 Å². The van der Waals surface area contributed by atoms with Crippen LogP contribution in [0.5, 0.6) is 0 Å². The van der Waals surface area contributed by atoms with Gasteiger partial charge in [-0.2, -0.15) is 0 Å². The first kappa shape index (κ1) is 2.47. The number of carboxylic acid groups (broad SMARTS) is 1. The highest BCUT2D eigenvalue weighted by Crippen LogP contribution is 1.92. The minimum absolute atomic E-state index is 0.946. The Kier molecular flexibility index (Phi) is 1.28. The van der Waals surface area contributed by atoms with Gasteiger partial charge >= 0.3 is 5.97 Å². The summed E-state index contributed by atoms with van der Waals surface area (Å²) >= 11 is 0. The zero-order valence-electron chi connectivity index (χ0n) is 14.6. The lowest BCUT2D eigenvalue weighted by Gasteiger charge is -1.96. The topological polar surface area (TPSA) is 75.7 Å². The number of nitrogens with two attached hydrogens (primary N) is 1. The van der Waals surface area contributed by atoms with Crippen LogP contribution in [0.1, 0.15) is 38.3 Å². The summed E-state index contributed by atoms with van der Waals surface area (Å²) in [6.45, 7) is -4.39. The second-order valence-corrected chi connectivity index (χ2v) is 1.47. The summed E-state index contributed by atoms with van der Waals surface area (Å²) in [7, 11) is 0. The second-order valence-electron chi connectivity index (χ2n) is 1.47. The first-order valence-corrected chi connectivity index (χ1v) is 2.61. The van der Waals surface area contributed by atoms with E-state index in [9.17, 15) is 4.79 Å². The second kappa shape index (κ2) is 5.70. The quantitative estimate of drug-likeness (QED) is 0.465. The molecule has 0 rings (SSSR count). The van der Waals surface area contributed by atoms with Crippen LogP contribution in [0.3, 0.4) is 0 Å². The largest absolute Gasteiger partial charge is 0.480 e. The first-order chi connectivity index (χ1) is 8.59. The average Bonchev–Trinajstić information content (AvgIpc) is 2.23. The third kappa shape index (κ3) is 6.83. The molecule has 0 aromatic carbocycles. The molecule has 0 amide bonds. The third-order valence-electron chi connectivity index (χ3n) is 0.638. The fourth-order valence-electron chi connectivity index (χ4n) is 0.288. The summed E-state index contributed by atoms with van der Waals surface area (Å²) in [6.07, 6.45) is -10.4. The normalized spacial score (nSPS) is 28.7. The number of rotatable bonds is 5. The van der Waals surface area contributed by atoms with Crippen molar-refractivity contribution in [2.45, 2.75) is 26.0 Å². The summed E-state index contributed by atoms with van der Waals surface area (Å²) in [4.78, 5) is 13.4. The van der Waals surface area contributed by atoms with Crippen molar-refractivity contribution in [1.29, 1.82) is 0 Å². The molecule has 64 valence electrons. The highest BCUT2D eigenvalue weighted by Gasteiger charge is 1.94. The highest BCUT2D eigenvalue weighted by atomic mass is 16.4. The van der Waals surface area contributed by atoms with Gasteiger partial charge in [0.2, 0.25) is 0 Å². The van der Waals surface area contributed by atoms with Crippen molar-refractivity contribution >= 4 is 11.8 Å². The predicted octanol–water partition coefficient (Wildman–Crippen LogP) is 0.618. The Balaban J connectivity index is 5.69. The third-order valence-corrected chi connectivity index (χ3v) is 0.638. The van der Waals surface area contributed by atoms with Gasteiger partial charge in [-0.05, 0) is 6.37 Å².